The van der Waals surface area contributed by atoms with Crippen molar-refractivity contribution in [3.05, 3.63) is 22.3 Å². The minimum atomic E-state index is 0.454. The van der Waals surface area contributed by atoms with Crippen LogP contribution in [0.25, 0.3) is 0 Å². The van der Waals surface area contributed by atoms with Crippen molar-refractivity contribution in [1.29, 1.82) is 0 Å². The molecule has 66 valence electrons. The highest BCUT2D eigenvalue weighted by molar-refractivity contribution is 9.10. The van der Waals surface area contributed by atoms with Crippen LogP contribution in [-0.2, 0) is 6.54 Å². The SMILES string of the molecule is CCOc1nc(Br)ccc1CN. The Labute approximate surface area is 80.1 Å². The number of hydrogen-bond donors (Lipinski definition) is 1. The molecule has 0 aliphatic heterocycles. The molecule has 0 atom stereocenters. The van der Waals surface area contributed by atoms with Gasteiger partial charge in [0, 0.05) is 12.1 Å². The second-order valence-electron chi connectivity index (χ2n) is 2.24. The van der Waals surface area contributed by atoms with E-state index in [1.54, 1.807) is 0 Å². The van der Waals surface area contributed by atoms with Gasteiger partial charge in [0.2, 0.25) is 5.88 Å². The molecule has 0 unspecified atom stereocenters. The van der Waals surface area contributed by atoms with Gasteiger partial charge in [0.15, 0.2) is 0 Å². The average Bonchev–Trinajstić information content (AvgIpc) is 2.05. The Bertz CT molecular complexity index is 265. The maximum Gasteiger partial charge on any atom is 0.218 e. The fraction of sp³-hybridized carbons (Fsp3) is 0.375. The fourth-order valence-corrected chi connectivity index (χ4v) is 1.16. The van der Waals surface area contributed by atoms with Crippen molar-refractivity contribution in [2.24, 2.45) is 5.73 Å². The molecule has 12 heavy (non-hydrogen) atoms. The Morgan fingerprint density at radius 2 is 2.33 bits per heavy atom. The van der Waals surface area contributed by atoms with Gasteiger partial charge in [-0.15, -0.1) is 0 Å². The van der Waals surface area contributed by atoms with Crippen molar-refractivity contribution >= 4 is 15.9 Å². The van der Waals surface area contributed by atoms with Gasteiger partial charge in [-0.2, -0.15) is 0 Å². The van der Waals surface area contributed by atoms with Crippen LogP contribution >= 0.6 is 15.9 Å². The third-order valence-corrected chi connectivity index (χ3v) is 1.85. The molecule has 0 amide bonds. The first-order chi connectivity index (χ1) is 5.77. The molecule has 4 heteroatoms. The van der Waals surface area contributed by atoms with Gasteiger partial charge in [0.1, 0.15) is 4.60 Å². The molecule has 1 heterocycles. The molecular weight excluding hydrogens is 220 g/mol. The summed E-state index contributed by atoms with van der Waals surface area (Å²) in [7, 11) is 0. The lowest BCUT2D eigenvalue weighted by molar-refractivity contribution is 0.322. The minimum absolute atomic E-state index is 0.454. The molecule has 0 bridgehead atoms. The molecule has 3 nitrogen and oxygen atoms in total. The van der Waals surface area contributed by atoms with E-state index in [-0.39, 0.29) is 0 Å². The highest BCUT2D eigenvalue weighted by Crippen LogP contribution is 2.18. The van der Waals surface area contributed by atoms with Crippen molar-refractivity contribution < 1.29 is 4.74 Å². The Kier molecular flexibility index (Phi) is 3.49. The highest BCUT2D eigenvalue weighted by Gasteiger charge is 2.03. The topological polar surface area (TPSA) is 48.1 Å². The summed E-state index contributed by atoms with van der Waals surface area (Å²) in [4.78, 5) is 4.15. The van der Waals surface area contributed by atoms with Crippen LogP contribution in [0.2, 0.25) is 0 Å². The van der Waals surface area contributed by atoms with Crippen molar-refractivity contribution in [2.45, 2.75) is 13.5 Å². The second kappa shape index (κ2) is 4.42. The maximum absolute atomic E-state index is 5.50. The van der Waals surface area contributed by atoms with Crippen molar-refractivity contribution in [1.82, 2.24) is 4.98 Å². The van der Waals surface area contributed by atoms with E-state index in [9.17, 15) is 0 Å². The lowest BCUT2D eigenvalue weighted by Gasteiger charge is -2.06. The normalized spacial score (nSPS) is 9.92. The summed E-state index contributed by atoms with van der Waals surface area (Å²) < 4.78 is 6.05. The van der Waals surface area contributed by atoms with E-state index >= 15 is 0 Å². The van der Waals surface area contributed by atoms with E-state index < -0.39 is 0 Å². The largest absolute Gasteiger partial charge is 0.478 e. The van der Waals surface area contributed by atoms with Gasteiger partial charge in [-0.25, -0.2) is 4.98 Å². The summed E-state index contributed by atoms with van der Waals surface area (Å²) in [5, 5.41) is 0. The van der Waals surface area contributed by atoms with Gasteiger partial charge in [0.05, 0.1) is 6.61 Å². The van der Waals surface area contributed by atoms with E-state index in [1.165, 1.54) is 0 Å². The molecule has 0 spiro atoms. The van der Waals surface area contributed by atoms with Crippen molar-refractivity contribution in [3.8, 4) is 5.88 Å². The minimum Gasteiger partial charge on any atom is -0.478 e. The Morgan fingerprint density at radius 1 is 1.58 bits per heavy atom. The predicted octanol–water partition coefficient (Wildman–Crippen LogP) is 1.70. The monoisotopic (exact) mass is 230 g/mol. The quantitative estimate of drug-likeness (QED) is 0.805. The number of halogens is 1. The zero-order valence-corrected chi connectivity index (χ0v) is 8.47. The molecule has 1 aromatic rings. The van der Waals surface area contributed by atoms with Gasteiger partial charge in [-0.1, -0.05) is 0 Å². The molecule has 0 aliphatic carbocycles. The van der Waals surface area contributed by atoms with Gasteiger partial charge in [-0.3, -0.25) is 0 Å². The molecule has 1 aromatic heterocycles. The lowest BCUT2D eigenvalue weighted by atomic mass is 10.3. The van der Waals surface area contributed by atoms with Gasteiger partial charge < -0.3 is 10.5 Å². The van der Waals surface area contributed by atoms with Crippen molar-refractivity contribution in [3.63, 3.8) is 0 Å². The van der Waals surface area contributed by atoms with Crippen LogP contribution in [0.1, 0.15) is 12.5 Å². The van der Waals surface area contributed by atoms with E-state index in [4.69, 9.17) is 10.5 Å². The van der Waals surface area contributed by atoms with E-state index in [2.05, 4.69) is 20.9 Å². The van der Waals surface area contributed by atoms with Crippen molar-refractivity contribution in [2.75, 3.05) is 6.61 Å². The average molecular weight is 231 g/mol. The Hall–Kier alpha value is -0.610. The molecule has 0 aliphatic rings. The number of ether oxygens (including phenoxy) is 1. The van der Waals surface area contributed by atoms with Crippen LogP contribution < -0.4 is 10.5 Å². The zero-order valence-electron chi connectivity index (χ0n) is 6.88. The molecule has 0 aromatic carbocycles. The van der Waals surface area contributed by atoms with Crippen LogP contribution in [0.15, 0.2) is 16.7 Å². The summed E-state index contributed by atoms with van der Waals surface area (Å²) in [5.41, 5.74) is 6.43. The van der Waals surface area contributed by atoms with Crippen LogP contribution in [0.5, 0.6) is 5.88 Å². The number of hydrogen-bond acceptors (Lipinski definition) is 3. The van der Waals surface area contributed by atoms with E-state index in [0.717, 1.165) is 10.2 Å². The fourth-order valence-electron chi connectivity index (χ4n) is 0.864. The smallest absolute Gasteiger partial charge is 0.218 e. The van der Waals surface area contributed by atoms with Gasteiger partial charge in [-0.05, 0) is 35.0 Å². The summed E-state index contributed by atoms with van der Waals surface area (Å²) in [6.07, 6.45) is 0. The third kappa shape index (κ3) is 2.19. The third-order valence-electron chi connectivity index (χ3n) is 1.41. The molecule has 1 rings (SSSR count). The zero-order chi connectivity index (χ0) is 8.97. The number of nitrogens with zero attached hydrogens (tertiary/aromatic N) is 1. The highest BCUT2D eigenvalue weighted by atomic mass is 79.9. The first-order valence-electron chi connectivity index (χ1n) is 3.76. The summed E-state index contributed by atoms with van der Waals surface area (Å²) in [6, 6.07) is 3.76. The summed E-state index contributed by atoms with van der Waals surface area (Å²) in [5.74, 6) is 0.620. The molecule has 0 fully saturated rings. The lowest BCUT2D eigenvalue weighted by Crippen LogP contribution is -2.03. The number of rotatable bonds is 3. The standard InChI is InChI=1S/C8H11BrN2O/c1-2-12-8-6(5-10)3-4-7(9)11-8/h3-4H,2,5,10H2,1H3. The summed E-state index contributed by atoms with van der Waals surface area (Å²) >= 11 is 3.26. The van der Waals surface area contributed by atoms with E-state index in [0.29, 0.717) is 19.0 Å². The Balaban J connectivity index is 2.95. The second-order valence-corrected chi connectivity index (χ2v) is 3.05. The molecule has 0 saturated heterocycles. The molecular formula is C8H11BrN2O. The number of aromatic nitrogens is 1. The van der Waals surface area contributed by atoms with Gasteiger partial charge in [0.25, 0.3) is 0 Å². The van der Waals surface area contributed by atoms with Crippen LogP contribution in [0.4, 0.5) is 0 Å². The Morgan fingerprint density at radius 3 is 2.92 bits per heavy atom. The maximum atomic E-state index is 5.50. The summed E-state index contributed by atoms with van der Waals surface area (Å²) in [6.45, 7) is 2.98. The first kappa shape index (κ1) is 9.48. The molecule has 0 radical (unpaired) electrons. The molecule has 2 N–H and O–H groups in total. The predicted molar refractivity (Wildman–Crippen MR) is 51.0 cm³/mol. The first-order valence-corrected chi connectivity index (χ1v) is 4.55. The van der Waals surface area contributed by atoms with E-state index in [1.807, 2.05) is 19.1 Å². The van der Waals surface area contributed by atoms with Crippen LogP contribution in [-0.4, -0.2) is 11.6 Å². The molecule has 0 saturated carbocycles. The van der Waals surface area contributed by atoms with Crippen LogP contribution in [0.3, 0.4) is 0 Å². The van der Waals surface area contributed by atoms with Gasteiger partial charge >= 0.3 is 0 Å². The number of pyridine rings is 1. The number of nitrogens with two attached hydrogens (primary N) is 1. The van der Waals surface area contributed by atoms with Crippen LogP contribution in [0, 0.1) is 0 Å².